The predicted molar refractivity (Wildman–Crippen MR) is 80.3 cm³/mol. The van der Waals surface area contributed by atoms with Gasteiger partial charge in [0, 0.05) is 6.54 Å². The fourth-order valence-corrected chi connectivity index (χ4v) is 1.56. The highest BCUT2D eigenvalue weighted by atomic mass is 16.5. The molecule has 1 rings (SSSR count). The van der Waals surface area contributed by atoms with Gasteiger partial charge < -0.3 is 10.1 Å². The smallest absolute Gasteiger partial charge is 0.137 e. The van der Waals surface area contributed by atoms with Gasteiger partial charge in [-0.05, 0) is 36.4 Å². The first-order valence-electron chi connectivity index (χ1n) is 7.15. The van der Waals surface area contributed by atoms with Crippen LogP contribution in [0.4, 0.5) is 0 Å². The first-order valence-corrected chi connectivity index (χ1v) is 7.15. The molecule has 0 aliphatic heterocycles. The summed E-state index contributed by atoms with van der Waals surface area (Å²) in [5.41, 5.74) is 1.37. The molecule has 0 spiro atoms. The molecule has 1 aromatic rings. The summed E-state index contributed by atoms with van der Waals surface area (Å²) >= 11 is 0. The first-order chi connectivity index (χ1) is 8.87. The maximum Gasteiger partial charge on any atom is 0.137 e. The van der Waals surface area contributed by atoms with Crippen molar-refractivity contribution in [2.45, 2.75) is 47.6 Å². The first kappa shape index (κ1) is 16.0. The van der Waals surface area contributed by atoms with Gasteiger partial charge in [0.1, 0.15) is 5.75 Å². The third-order valence-corrected chi connectivity index (χ3v) is 2.78. The fraction of sp³-hybridized carbons (Fsp3) is 0.688. The van der Waals surface area contributed by atoms with Gasteiger partial charge in [-0.25, -0.2) is 0 Å². The molecule has 0 bridgehead atoms. The molecule has 0 saturated carbocycles. The van der Waals surface area contributed by atoms with Crippen molar-refractivity contribution < 1.29 is 4.74 Å². The normalized spacial score (nSPS) is 11.9. The molecule has 0 radical (unpaired) electrons. The molecule has 0 atom stereocenters. The topological polar surface area (TPSA) is 34.1 Å². The highest BCUT2D eigenvalue weighted by Crippen LogP contribution is 2.19. The molecule has 1 aromatic heterocycles. The molecule has 0 fully saturated rings. The molecule has 19 heavy (non-hydrogen) atoms. The van der Waals surface area contributed by atoms with Gasteiger partial charge in [-0.1, -0.05) is 34.6 Å². The van der Waals surface area contributed by atoms with Crippen LogP contribution in [0.5, 0.6) is 5.75 Å². The lowest BCUT2D eigenvalue weighted by Crippen LogP contribution is -2.19. The van der Waals surface area contributed by atoms with Crippen molar-refractivity contribution in [2.75, 3.05) is 13.2 Å². The van der Waals surface area contributed by atoms with E-state index in [0.717, 1.165) is 37.6 Å². The minimum absolute atomic E-state index is 0.314. The summed E-state index contributed by atoms with van der Waals surface area (Å²) in [7, 11) is 0. The number of pyridine rings is 1. The van der Waals surface area contributed by atoms with E-state index in [1.165, 1.54) is 0 Å². The summed E-state index contributed by atoms with van der Waals surface area (Å²) in [5.74, 6) is 1.52. The quantitative estimate of drug-likeness (QED) is 0.816. The van der Waals surface area contributed by atoms with Gasteiger partial charge in [0.05, 0.1) is 18.5 Å². The lowest BCUT2D eigenvalue weighted by atomic mass is 9.93. The van der Waals surface area contributed by atoms with Crippen molar-refractivity contribution >= 4 is 0 Å². The summed E-state index contributed by atoms with van der Waals surface area (Å²) < 4.78 is 5.70. The highest BCUT2D eigenvalue weighted by molar-refractivity contribution is 5.19. The standard InChI is InChI=1S/C16H28N2O/c1-13(2)10-17-11-14-6-7-15(12-18-14)19-9-8-16(3,4)5/h6-7,12-13,17H,8-11H2,1-5H3. The third kappa shape index (κ3) is 7.83. The number of rotatable bonds is 7. The molecule has 0 aliphatic rings. The average Bonchev–Trinajstić information content (AvgIpc) is 2.29. The second-order valence-corrected chi connectivity index (χ2v) is 6.67. The van der Waals surface area contributed by atoms with Crippen molar-refractivity contribution in [2.24, 2.45) is 11.3 Å². The van der Waals surface area contributed by atoms with E-state index >= 15 is 0 Å². The van der Waals surface area contributed by atoms with Crippen LogP contribution in [0.2, 0.25) is 0 Å². The largest absolute Gasteiger partial charge is 0.492 e. The van der Waals surface area contributed by atoms with Gasteiger partial charge in [-0.15, -0.1) is 0 Å². The Kier molecular flexibility index (Phi) is 6.29. The van der Waals surface area contributed by atoms with E-state index < -0.39 is 0 Å². The monoisotopic (exact) mass is 264 g/mol. The van der Waals surface area contributed by atoms with E-state index in [4.69, 9.17) is 4.74 Å². The lowest BCUT2D eigenvalue weighted by molar-refractivity contribution is 0.242. The van der Waals surface area contributed by atoms with Crippen LogP contribution in [0.3, 0.4) is 0 Å². The molecule has 1 N–H and O–H groups in total. The van der Waals surface area contributed by atoms with Crippen molar-refractivity contribution in [3.05, 3.63) is 24.0 Å². The Morgan fingerprint density at radius 3 is 2.53 bits per heavy atom. The van der Waals surface area contributed by atoms with Crippen molar-refractivity contribution in [1.29, 1.82) is 0 Å². The van der Waals surface area contributed by atoms with E-state index in [9.17, 15) is 0 Å². The van der Waals surface area contributed by atoms with Crippen molar-refractivity contribution in [3.8, 4) is 5.75 Å². The fourth-order valence-electron chi connectivity index (χ4n) is 1.56. The summed E-state index contributed by atoms with van der Waals surface area (Å²) in [6, 6.07) is 4.03. The van der Waals surface area contributed by atoms with Gasteiger partial charge in [-0.3, -0.25) is 4.98 Å². The van der Waals surface area contributed by atoms with Crippen LogP contribution in [0.25, 0.3) is 0 Å². The molecule has 0 aromatic carbocycles. The summed E-state index contributed by atoms with van der Waals surface area (Å²) in [4.78, 5) is 4.40. The summed E-state index contributed by atoms with van der Waals surface area (Å²) in [5, 5.41) is 3.38. The van der Waals surface area contributed by atoms with Crippen LogP contribution in [0, 0.1) is 11.3 Å². The maximum absolute atomic E-state index is 5.70. The number of aromatic nitrogens is 1. The Hall–Kier alpha value is -1.09. The Balaban J connectivity index is 2.31. The van der Waals surface area contributed by atoms with Crippen LogP contribution in [0.15, 0.2) is 18.3 Å². The molecule has 3 heteroatoms. The van der Waals surface area contributed by atoms with Crippen LogP contribution in [0.1, 0.15) is 46.7 Å². The SMILES string of the molecule is CC(C)CNCc1ccc(OCCC(C)(C)C)cn1. The van der Waals surface area contributed by atoms with Crippen molar-refractivity contribution in [1.82, 2.24) is 10.3 Å². The highest BCUT2D eigenvalue weighted by Gasteiger charge is 2.09. The van der Waals surface area contributed by atoms with E-state index in [0.29, 0.717) is 11.3 Å². The van der Waals surface area contributed by atoms with Gasteiger partial charge in [0.25, 0.3) is 0 Å². The van der Waals surface area contributed by atoms with E-state index in [1.54, 1.807) is 0 Å². The number of nitrogens with zero attached hydrogens (tertiary/aromatic N) is 1. The van der Waals surface area contributed by atoms with Crippen LogP contribution in [-0.2, 0) is 6.54 Å². The summed E-state index contributed by atoms with van der Waals surface area (Å²) in [6.45, 7) is 13.6. The number of nitrogens with one attached hydrogen (secondary N) is 1. The predicted octanol–water partition coefficient (Wildman–Crippen LogP) is 3.64. The van der Waals surface area contributed by atoms with Crippen LogP contribution < -0.4 is 10.1 Å². The third-order valence-electron chi connectivity index (χ3n) is 2.78. The van der Waals surface area contributed by atoms with Crippen molar-refractivity contribution in [3.63, 3.8) is 0 Å². The summed E-state index contributed by atoms with van der Waals surface area (Å²) in [6.07, 6.45) is 2.86. The Bertz CT molecular complexity index is 352. The molecule has 0 amide bonds. The maximum atomic E-state index is 5.70. The van der Waals surface area contributed by atoms with Gasteiger partial charge in [-0.2, -0.15) is 0 Å². The molecular weight excluding hydrogens is 236 g/mol. The number of ether oxygens (including phenoxy) is 1. The molecule has 0 unspecified atom stereocenters. The molecule has 3 nitrogen and oxygen atoms in total. The lowest BCUT2D eigenvalue weighted by Gasteiger charge is -2.18. The molecule has 1 heterocycles. The average molecular weight is 264 g/mol. The molecule has 0 saturated heterocycles. The Morgan fingerprint density at radius 2 is 2.00 bits per heavy atom. The molecule has 0 aliphatic carbocycles. The Labute approximate surface area is 117 Å². The van der Waals surface area contributed by atoms with Gasteiger partial charge in [0.15, 0.2) is 0 Å². The zero-order valence-corrected chi connectivity index (χ0v) is 13.0. The van der Waals surface area contributed by atoms with Gasteiger partial charge in [0.2, 0.25) is 0 Å². The minimum Gasteiger partial charge on any atom is -0.492 e. The van der Waals surface area contributed by atoms with Crippen LogP contribution in [-0.4, -0.2) is 18.1 Å². The molecular formula is C16H28N2O. The van der Waals surface area contributed by atoms with E-state index in [-0.39, 0.29) is 0 Å². The zero-order chi connectivity index (χ0) is 14.3. The van der Waals surface area contributed by atoms with E-state index in [1.807, 2.05) is 18.3 Å². The second-order valence-electron chi connectivity index (χ2n) is 6.67. The van der Waals surface area contributed by atoms with Gasteiger partial charge >= 0.3 is 0 Å². The second kappa shape index (κ2) is 7.49. The minimum atomic E-state index is 0.314. The molecule has 108 valence electrons. The number of hydrogen-bond acceptors (Lipinski definition) is 3. The van der Waals surface area contributed by atoms with E-state index in [2.05, 4.69) is 44.9 Å². The number of hydrogen-bond donors (Lipinski definition) is 1. The zero-order valence-electron chi connectivity index (χ0n) is 13.0. The Morgan fingerprint density at radius 1 is 1.26 bits per heavy atom. The van der Waals surface area contributed by atoms with Crippen LogP contribution >= 0.6 is 0 Å².